The summed E-state index contributed by atoms with van der Waals surface area (Å²) in [5.41, 5.74) is 0.799. The molecule has 1 aromatic carbocycles. The Morgan fingerprint density at radius 2 is 2.24 bits per heavy atom. The van der Waals surface area contributed by atoms with Gasteiger partial charge < -0.3 is 19.9 Å². The summed E-state index contributed by atoms with van der Waals surface area (Å²) < 4.78 is 12.8. The maximum Gasteiger partial charge on any atom is 0.352 e. The minimum absolute atomic E-state index is 0.0196. The third kappa shape index (κ3) is 3.25. The van der Waals surface area contributed by atoms with E-state index in [1.165, 1.54) is 4.68 Å². The monoisotopic (exact) mass is 345 g/mol. The Kier molecular flexibility index (Phi) is 4.55. The van der Waals surface area contributed by atoms with E-state index in [1.807, 2.05) is 19.9 Å². The minimum Gasteiger partial charge on any atom is -0.493 e. The first-order chi connectivity index (χ1) is 12.0. The van der Waals surface area contributed by atoms with Crippen LogP contribution in [0.5, 0.6) is 11.5 Å². The molecule has 9 heteroatoms. The number of methoxy groups -OCH3 is 1. The summed E-state index contributed by atoms with van der Waals surface area (Å²) in [7, 11) is 1.56. The molecule has 0 aliphatic carbocycles. The maximum atomic E-state index is 11.3. The van der Waals surface area contributed by atoms with Crippen molar-refractivity contribution in [2.45, 2.75) is 32.4 Å². The highest BCUT2D eigenvalue weighted by atomic mass is 16.5. The Hall–Kier alpha value is -3.10. The Labute approximate surface area is 144 Å². The molecule has 0 unspecified atom stereocenters. The number of ether oxygens (including phenoxy) is 2. The van der Waals surface area contributed by atoms with Crippen LogP contribution >= 0.6 is 0 Å². The van der Waals surface area contributed by atoms with E-state index >= 15 is 0 Å². The summed E-state index contributed by atoms with van der Waals surface area (Å²) in [4.78, 5) is 11.3. The highest BCUT2D eigenvalue weighted by molar-refractivity contribution is 5.90. The number of rotatable bonds is 6. The van der Waals surface area contributed by atoms with Crippen molar-refractivity contribution in [3.8, 4) is 11.5 Å². The molecule has 132 valence electrons. The van der Waals surface area contributed by atoms with Crippen molar-refractivity contribution in [1.82, 2.24) is 20.2 Å². The second-order valence-electron chi connectivity index (χ2n) is 5.65. The molecule has 0 saturated carbocycles. The fourth-order valence-electron chi connectivity index (χ4n) is 2.48. The van der Waals surface area contributed by atoms with Crippen LogP contribution in [0, 0.1) is 0 Å². The Morgan fingerprint density at radius 1 is 1.44 bits per heavy atom. The summed E-state index contributed by atoms with van der Waals surface area (Å²) in [5.74, 6) is 0.386. The number of nitrogens with one attached hydrogen (secondary N) is 1. The van der Waals surface area contributed by atoms with Gasteiger partial charge in [0.2, 0.25) is 5.95 Å². The Morgan fingerprint density at radius 3 is 2.92 bits per heavy atom. The third-order valence-electron chi connectivity index (χ3n) is 3.99. The van der Waals surface area contributed by atoms with Crippen molar-refractivity contribution < 1.29 is 19.4 Å². The topological polar surface area (TPSA) is 111 Å². The standard InChI is InChI=1S/C16H19N5O4/c1-4-9(2)25-13-6-5-10(7-14(13)24-3)12-8-11(15(22)23)17-16-18-19-20-21(12)16/h5-9,12H,4H2,1-3H3,(H,22,23)(H,17,18,20)/t9-,12+/m1/s1. The molecule has 9 nitrogen and oxygen atoms in total. The first-order valence-corrected chi connectivity index (χ1v) is 7.88. The molecule has 0 spiro atoms. The Balaban J connectivity index is 2.00. The van der Waals surface area contributed by atoms with Crippen molar-refractivity contribution >= 4 is 11.9 Å². The van der Waals surface area contributed by atoms with Gasteiger partial charge in [-0.1, -0.05) is 18.1 Å². The van der Waals surface area contributed by atoms with Crippen LogP contribution in [0.1, 0.15) is 31.9 Å². The van der Waals surface area contributed by atoms with Crippen LogP contribution in [0.15, 0.2) is 30.0 Å². The molecule has 3 rings (SSSR count). The first kappa shape index (κ1) is 16.7. The summed E-state index contributed by atoms with van der Waals surface area (Å²) in [6.07, 6.45) is 2.48. The molecule has 1 aliphatic heterocycles. The van der Waals surface area contributed by atoms with Crippen LogP contribution in [0.3, 0.4) is 0 Å². The number of allylic oxidation sites excluding steroid dienone is 1. The molecular weight excluding hydrogens is 326 g/mol. The van der Waals surface area contributed by atoms with E-state index in [9.17, 15) is 9.90 Å². The predicted molar refractivity (Wildman–Crippen MR) is 88.7 cm³/mol. The van der Waals surface area contributed by atoms with Gasteiger partial charge in [0.1, 0.15) is 11.7 Å². The zero-order valence-electron chi connectivity index (χ0n) is 14.1. The van der Waals surface area contributed by atoms with Crippen molar-refractivity contribution in [2.24, 2.45) is 0 Å². The van der Waals surface area contributed by atoms with E-state index in [-0.39, 0.29) is 17.7 Å². The number of hydrogen-bond acceptors (Lipinski definition) is 7. The quantitative estimate of drug-likeness (QED) is 0.816. The van der Waals surface area contributed by atoms with Crippen LogP contribution in [-0.2, 0) is 4.79 Å². The number of carbonyl (C=O) groups is 1. The summed E-state index contributed by atoms with van der Waals surface area (Å²) >= 11 is 0. The lowest BCUT2D eigenvalue weighted by Crippen LogP contribution is -2.24. The smallest absolute Gasteiger partial charge is 0.352 e. The largest absolute Gasteiger partial charge is 0.493 e. The highest BCUT2D eigenvalue weighted by Gasteiger charge is 2.27. The van der Waals surface area contributed by atoms with Gasteiger partial charge in [0.15, 0.2) is 11.5 Å². The number of anilines is 1. The van der Waals surface area contributed by atoms with Gasteiger partial charge in [0, 0.05) is 0 Å². The normalized spacial score (nSPS) is 17.1. The number of aromatic nitrogens is 4. The predicted octanol–water partition coefficient (Wildman–Crippen LogP) is 1.84. The molecule has 0 fully saturated rings. The zero-order valence-corrected chi connectivity index (χ0v) is 14.1. The van der Waals surface area contributed by atoms with Crippen LogP contribution in [0.4, 0.5) is 5.95 Å². The number of hydrogen-bond donors (Lipinski definition) is 2. The molecule has 2 N–H and O–H groups in total. The molecule has 0 radical (unpaired) electrons. The van der Waals surface area contributed by atoms with Crippen molar-refractivity contribution in [2.75, 3.05) is 12.4 Å². The lowest BCUT2D eigenvalue weighted by molar-refractivity contribution is -0.132. The van der Waals surface area contributed by atoms with E-state index in [4.69, 9.17) is 9.47 Å². The summed E-state index contributed by atoms with van der Waals surface area (Å²) in [6, 6.07) is 4.98. The SMILES string of the molecule is CC[C@@H](C)Oc1ccc([C@@H]2C=C(C(=O)O)Nc3nnnn32)cc1OC. The van der Waals surface area contributed by atoms with Gasteiger partial charge >= 0.3 is 5.97 Å². The van der Waals surface area contributed by atoms with E-state index in [0.29, 0.717) is 11.5 Å². The van der Waals surface area contributed by atoms with Crippen LogP contribution in [0.2, 0.25) is 0 Å². The number of aliphatic carboxylic acids is 1. The average Bonchev–Trinajstić information content (AvgIpc) is 3.09. The number of benzene rings is 1. The van der Waals surface area contributed by atoms with Gasteiger partial charge in [-0.05, 0) is 47.5 Å². The lowest BCUT2D eigenvalue weighted by atomic mass is 10.0. The molecule has 0 amide bonds. The van der Waals surface area contributed by atoms with E-state index in [2.05, 4.69) is 20.8 Å². The Bertz CT molecular complexity index is 817. The van der Waals surface area contributed by atoms with Gasteiger partial charge in [0.25, 0.3) is 0 Å². The van der Waals surface area contributed by atoms with Crippen LogP contribution < -0.4 is 14.8 Å². The lowest BCUT2D eigenvalue weighted by Gasteiger charge is -2.23. The molecule has 1 aliphatic rings. The van der Waals surface area contributed by atoms with E-state index in [0.717, 1.165) is 12.0 Å². The number of carboxylic acid groups (broad SMARTS) is 1. The molecule has 0 bridgehead atoms. The van der Waals surface area contributed by atoms with Crippen molar-refractivity contribution in [3.05, 3.63) is 35.5 Å². The summed E-state index contributed by atoms with van der Waals surface area (Å²) in [6.45, 7) is 4.02. The van der Waals surface area contributed by atoms with Gasteiger partial charge in [0.05, 0.1) is 13.2 Å². The third-order valence-corrected chi connectivity index (χ3v) is 3.99. The highest BCUT2D eigenvalue weighted by Crippen LogP contribution is 2.35. The molecule has 1 aromatic heterocycles. The number of carboxylic acids is 1. The fraction of sp³-hybridized carbons (Fsp3) is 0.375. The maximum absolute atomic E-state index is 11.3. The van der Waals surface area contributed by atoms with Gasteiger partial charge in [-0.15, -0.1) is 0 Å². The number of nitrogens with zero attached hydrogens (tertiary/aromatic N) is 4. The molecule has 2 atom stereocenters. The van der Waals surface area contributed by atoms with Gasteiger partial charge in [-0.3, -0.25) is 0 Å². The van der Waals surface area contributed by atoms with E-state index in [1.54, 1.807) is 25.3 Å². The van der Waals surface area contributed by atoms with Crippen LogP contribution in [0.25, 0.3) is 0 Å². The number of fused-ring (bicyclic) bond motifs is 1. The second-order valence-corrected chi connectivity index (χ2v) is 5.65. The van der Waals surface area contributed by atoms with Crippen LogP contribution in [-0.4, -0.2) is 44.5 Å². The molecule has 2 aromatic rings. The van der Waals surface area contributed by atoms with E-state index < -0.39 is 12.0 Å². The average molecular weight is 345 g/mol. The number of tetrazole rings is 1. The molecular formula is C16H19N5O4. The first-order valence-electron chi connectivity index (χ1n) is 7.88. The second kappa shape index (κ2) is 6.80. The zero-order chi connectivity index (χ0) is 18.0. The van der Waals surface area contributed by atoms with Crippen molar-refractivity contribution in [1.29, 1.82) is 0 Å². The molecule has 0 saturated heterocycles. The van der Waals surface area contributed by atoms with Gasteiger partial charge in [-0.25, -0.2) is 4.79 Å². The molecule has 2 heterocycles. The summed E-state index contributed by atoms with van der Waals surface area (Å²) in [5, 5.41) is 23.3. The fourth-order valence-corrected chi connectivity index (χ4v) is 2.48. The molecule has 25 heavy (non-hydrogen) atoms. The van der Waals surface area contributed by atoms with Gasteiger partial charge in [-0.2, -0.15) is 4.68 Å². The minimum atomic E-state index is -1.08. The van der Waals surface area contributed by atoms with Crippen molar-refractivity contribution in [3.63, 3.8) is 0 Å².